The molecular weight excluding hydrogens is 208 g/mol. The zero-order valence-corrected chi connectivity index (χ0v) is 11.0. The quantitative estimate of drug-likeness (QED) is 0.743. The van der Waals surface area contributed by atoms with Gasteiger partial charge in [0.25, 0.3) is 0 Å². The molecule has 0 amide bonds. The van der Waals surface area contributed by atoms with E-state index >= 15 is 0 Å². The van der Waals surface area contributed by atoms with Crippen LogP contribution in [0.25, 0.3) is 0 Å². The van der Waals surface area contributed by atoms with Crippen LogP contribution in [0.5, 0.6) is 0 Å². The van der Waals surface area contributed by atoms with Crippen LogP contribution in [0.3, 0.4) is 0 Å². The van der Waals surface area contributed by atoms with Crippen molar-refractivity contribution >= 4 is 0 Å². The van der Waals surface area contributed by atoms with Gasteiger partial charge in [-0.25, -0.2) is 4.98 Å². The van der Waals surface area contributed by atoms with Crippen molar-refractivity contribution < 1.29 is 0 Å². The van der Waals surface area contributed by atoms with E-state index in [2.05, 4.69) is 9.97 Å². The molecule has 96 valence electrons. The van der Waals surface area contributed by atoms with Crippen LogP contribution in [0.1, 0.15) is 82.2 Å². The van der Waals surface area contributed by atoms with Crippen LogP contribution in [0.2, 0.25) is 0 Å². The monoisotopic (exact) mass is 234 g/mol. The third-order valence-corrected chi connectivity index (χ3v) is 4.06. The molecule has 1 aromatic rings. The molecule has 0 spiro atoms. The molecule has 0 aliphatic heterocycles. The van der Waals surface area contributed by atoms with E-state index in [9.17, 15) is 0 Å². The second kappa shape index (κ2) is 7.52. The van der Waals surface area contributed by atoms with Gasteiger partial charge in [-0.1, -0.05) is 57.8 Å². The molecule has 17 heavy (non-hydrogen) atoms. The average Bonchev–Trinajstić information content (AvgIpc) is 2.83. The Morgan fingerprint density at radius 3 is 1.82 bits per heavy atom. The van der Waals surface area contributed by atoms with Crippen LogP contribution in [0.4, 0.5) is 0 Å². The van der Waals surface area contributed by atoms with Crippen molar-refractivity contribution in [1.82, 2.24) is 9.97 Å². The van der Waals surface area contributed by atoms with Crippen molar-refractivity contribution in [2.45, 2.75) is 76.5 Å². The minimum absolute atomic E-state index is 0.733. The van der Waals surface area contributed by atoms with Crippen LogP contribution >= 0.6 is 0 Å². The van der Waals surface area contributed by atoms with Crippen molar-refractivity contribution in [1.29, 1.82) is 0 Å². The predicted octanol–water partition coefficient (Wildman–Crippen LogP) is 4.80. The molecule has 0 aromatic carbocycles. The molecule has 1 aromatic heterocycles. The van der Waals surface area contributed by atoms with Gasteiger partial charge in [0.2, 0.25) is 0 Å². The van der Waals surface area contributed by atoms with Crippen molar-refractivity contribution in [2.24, 2.45) is 0 Å². The Kier molecular flexibility index (Phi) is 5.60. The number of imidazole rings is 1. The van der Waals surface area contributed by atoms with E-state index < -0.39 is 0 Å². The number of nitrogens with zero attached hydrogens (tertiary/aromatic N) is 1. The van der Waals surface area contributed by atoms with Gasteiger partial charge in [0.1, 0.15) is 0 Å². The van der Waals surface area contributed by atoms with E-state index in [0.29, 0.717) is 0 Å². The van der Waals surface area contributed by atoms with Crippen LogP contribution < -0.4 is 0 Å². The summed E-state index contributed by atoms with van der Waals surface area (Å²) in [5.41, 5.74) is 1.36. The highest BCUT2D eigenvalue weighted by atomic mass is 14.9. The number of aromatic nitrogens is 2. The van der Waals surface area contributed by atoms with E-state index in [1.807, 2.05) is 12.5 Å². The Hall–Kier alpha value is -0.790. The fraction of sp³-hybridized carbons (Fsp3) is 0.800. The van der Waals surface area contributed by atoms with Gasteiger partial charge in [-0.3, -0.25) is 0 Å². The second-order valence-electron chi connectivity index (χ2n) is 5.46. The Balaban J connectivity index is 1.84. The highest BCUT2D eigenvalue weighted by molar-refractivity contribution is 5.03. The van der Waals surface area contributed by atoms with E-state index in [0.717, 1.165) is 5.92 Å². The molecule has 0 radical (unpaired) electrons. The van der Waals surface area contributed by atoms with Crippen LogP contribution in [0, 0.1) is 0 Å². The van der Waals surface area contributed by atoms with Crippen molar-refractivity contribution in [2.75, 3.05) is 0 Å². The Bertz CT molecular complexity index is 267. The molecule has 2 nitrogen and oxygen atoms in total. The van der Waals surface area contributed by atoms with E-state index in [1.165, 1.54) is 76.3 Å². The van der Waals surface area contributed by atoms with Gasteiger partial charge in [-0.2, -0.15) is 0 Å². The average molecular weight is 234 g/mol. The first kappa shape index (κ1) is 12.7. The Morgan fingerprint density at radius 2 is 1.35 bits per heavy atom. The van der Waals surface area contributed by atoms with Gasteiger partial charge in [-0.15, -0.1) is 0 Å². The molecule has 2 rings (SSSR count). The van der Waals surface area contributed by atoms with Crippen molar-refractivity contribution in [3.8, 4) is 0 Å². The van der Waals surface area contributed by atoms with Crippen LogP contribution in [0.15, 0.2) is 12.5 Å². The molecular formula is C15H26N2. The lowest BCUT2D eigenvalue weighted by molar-refractivity contribution is 0.463. The number of nitrogens with one attached hydrogen (secondary N) is 1. The van der Waals surface area contributed by atoms with Gasteiger partial charge >= 0.3 is 0 Å². The number of aromatic amines is 1. The van der Waals surface area contributed by atoms with Crippen LogP contribution in [-0.2, 0) is 0 Å². The Morgan fingerprint density at radius 1 is 0.824 bits per heavy atom. The molecule has 1 fully saturated rings. The van der Waals surface area contributed by atoms with Gasteiger partial charge in [-0.05, 0) is 12.8 Å². The number of rotatable bonds is 1. The standard InChI is InChI=1S/C15H26N2/c1-2-4-6-8-10-14(11-9-7-5-3-1)15-12-16-13-17-15/h12-14H,1-11H2,(H,16,17). The van der Waals surface area contributed by atoms with Gasteiger partial charge in [0.05, 0.1) is 6.33 Å². The third kappa shape index (κ3) is 4.53. The molecule has 0 saturated heterocycles. The van der Waals surface area contributed by atoms with Crippen LogP contribution in [-0.4, -0.2) is 9.97 Å². The summed E-state index contributed by atoms with van der Waals surface area (Å²) in [6.45, 7) is 0. The maximum atomic E-state index is 4.17. The highest BCUT2D eigenvalue weighted by Crippen LogP contribution is 2.27. The Labute approximate surface area is 105 Å². The van der Waals surface area contributed by atoms with Crippen molar-refractivity contribution in [3.05, 3.63) is 18.2 Å². The molecule has 1 saturated carbocycles. The lowest BCUT2D eigenvalue weighted by atomic mass is 9.91. The topological polar surface area (TPSA) is 28.7 Å². The normalized spacial score (nSPS) is 21.6. The molecule has 1 heterocycles. The highest BCUT2D eigenvalue weighted by Gasteiger charge is 2.12. The zero-order valence-electron chi connectivity index (χ0n) is 11.0. The minimum atomic E-state index is 0.733. The van der Waals surface area contributed by atoms with Gasteiger partial charge in [0, 0.05) is 17.8 Å². The fourth-order valence-corrected chi connectivity index (χ4v) is 2.96. The maximum Gasteiger partial charge on any atom is 0.0921 e. The molecule has 1 aliphatic carbocycles. The molecule has 0 atom stereocenters. The van der Waals surface area contributed by atoms with Gasteiger partial charge in [0.15, 0.2) is 0 Å². The summed E-state index contributed by atoms with van der Waals surface area (Å²) in [7, 11) is 0. The van der Waals surface area contributed by atoms with E-state index in [-0.39, 0.29) is 0 Å². The summed E-state index contributed by atoms with van der Waals surface area (Å²) in [5, 5.41) is 0. The number of hydrogen-bond acceptors (Lipinski definition) is 1. The second-order valence-corrected chi connectivity index (χ2v) is 5.46. The summed E-state index contributed by atoms with van der Waals surface area (Å²) in [4.78, 5) is 7.48. The predicted molar refractivity (Wildman–Crippen MR) is 72.1 cm³/mol. The first-order valence-corrected chi connectivity index (χ1v) is 7.45. The summed E-state index contributed by atoms with van der Waals surface area (Å²) in [6, 6.07) is 0. The zero-order chi connectivity index (χ0) is 11.8. The smallest absolute Gasteiger partial charge is 0.0921 e. The first-order chi connectivity index (χ1) is 8.47. The number of H-pyrrole nitrogens is 1. The summed E-state index contributed by atoms with van der Waals surface area (Å²) >= 11 is 0. The first-order valence-electron chi connectivity index (χ1n) is 7.45. The summed E-state index contributed by atoms with van der Waals surface area (Å²) in [6.07, 6.45) is 19.4. The molecule has 0 bridgehead atoms. The van der Waals surface area contributed by atoms with Gasteiger partial charge < -0.3 is 4.98 Å². The largest absolute Gasteiger partial charge is 0.348 e. The number of hydrogen-bond donors (Lipinski definition) is 1. The SMILES string of the molecule is c1ncc(C2CCCCCCCCCCC2)[nH]1. The lowest BCUT2D eigenvalue weighted by Gasteiger charge is -2.16. The third-order valence-electron chi connectivity index (χ3n) is 4.06. The van der Waals surface area contributed by atoms with E-state index in [1.54, 1.807) is 0 Å². The lowest BCUT2D eigenvalue weighted by Crippen LogP contribution is -2.01. The maximum absolute atomic E-state index is 4.17. The van der Waals surface area contributed by atoms with E-state index in [4.69, 9.17) is 0 Å². The minimum Gasteiger partial charge on any atom is -0.348 e. The summed E-state index contributed by atoms with van der Waals surface area (Å²) in [5.74, 6) is 0.733. The van der Waals surface area contributed by atoms with Crippen molar-refractivity contribution in [3.63, 3.8) is 0 Å². The molecule has 0 unspecified atom stereocenters. The molecule has 1 N–H and O–H groups in total. The fourth-order valence-electron chi connectivity index (χ4n) is 2.96. The molecule has 1 aliphatic rings. The molecule has 2 heteroatoms. The summed E-state index contributed by atoms with van der Waals surface area (Å²) < 4.78 is 0.